The van der Waals surface area contributed by atoms with Crippen LogP contribution in [0.3, 0.4) is 0 Å². The fourth-order valence-corrected chi connectivity index (χ4v) is 6.40. The molecule has 0 spiro atoms. The van der Waals surface area contributed by atoms with Crippen molar-refractivity contribution in [3.8, 4) is 17.2 Å². The minimum absolute atomic E-state index is 0.00285. The molecule has 1 saturated heterocycles. The highest BCUT2D eigenvalue weighted by Gasteiger charge is 2.48. The fraction of sp³-hybridized carbons (Fsp3) is 0.303. The first-order chi connectivity index (χ1) is 20.2. The van der Waals surface area contributed by atoms with Gasteiger partial charge in [-0.1, -0.05) is 37.3 Å². The average molecular weight is 585 g/mol. The van der Waals surface area contributed by atoms with Crippen molar-refractivity contribution in [2.45, 2.75) is 45.8 Å². The highest BCUT2D eigenvalue weighted by molar-refractivity contribution is 7.22. The van der Waals surface area contributed by atoms with E-state index in [-0.39, 0.29) is 17.4 Å². The second-order valence-electron chi connectivity index (χ2n) is 11.1. The quantitative estimate of drug-likeness (QED) is 0.140. The predicted octanol–water partition coefficient (Wildman–Crippen LogP) is 6.68. The molecule has 2 atom stereocenters. The summed E-state index contributed by atoms with van der Waals surface area (Å²) in [5, 5.41) is 12.0. The number of ketones is 1. The molecule has 0 saturated carbocycles. The lowest BCUT2D eigenvalue weighted by Gasteiger charge is -2.23. The predicted molar refractivity (Wildman–Crippen MR) is 163 cm³/mol. The van der Waals surface area contributed by atoms with Gasteiger partial charge in [-0.2, -0.15) is 0 Å². The van der Waals surface area contributed by atoms with Crippen molar-refractivity contribution in [2.75, 3.05) is 18.6 Å². The number of nitrogens with zero attached hydrogens (tertiary/aromatic N) is 2. The Morgan fingerprint density at radius 1 is 1.12 bits per heavy atom. The Hall–Kier alpha value is -4.37. The van der Waals surface area contributed by atoms with Crippen molar-refractivity contribution in [1.29, 1.82) is 0 Å². The van der Waals surface area contributed by atoms with Gasteiger partial charge < -0.3 is 19.3 Å². The Labute approximate surface area is 248 Å². The molecule has 1 amide bonds. The molecule has 2 aliphatic rings. The minimum Gasteiger partial charge on any atom is -0.507 e. The van der Waals surface area contributed by atoms with Crippen molar-refractivity contribution in [3.63, 3.8) is 0 Å². The van der Waals surface area contributed by atoms with Gasteiger partial charge in [0, 0.05) is 12.0 Å². The summed E-state index contributed by atoms with van der Waals surface area (Å²) in [6.45, 7) is 6.78. The molecule has 8 nitrogen and oxygen atoms in total. The number of aromatic nitrogens is 1. The molecule has 0 bridgehead atoms. The average Bonchev–Trinajstić information content (AvgIpc) is 3.64. The topological polar surface area (TPSA) is 98.2 Å². The normalized spacial score (nSPS) is 19.4. The first-order valence-corrected chi connectivity index (χ1v) is 14.8. The smallest absolute Gasteiger partial charge is 0.301 e. The number of hydrogen-bond donors (Lipinski definition) is 1. The number of anilines is 1. The van der Waals surface area contributed by atoms with Gasteiger partial charge in [-0.15, -0.1) is 0 Å². The molecule has 1 N–H and O–H groups in total. The molecule has 4 aromatic rings. The van der Waals surface area contributed by atoms with Crippen LogP contribution < -0.4 is 19.1 Å². The third-order valence-electron chi connectivity index (χ3n) is 7.54. The van der Waals surface area contributed by atoms with Gasteiger partial charge in [0.1, 0.15) is 29.1 Å². The Balaban J connectivity index is 1.48. The number of aliphatic hydroxyl groups is 1. The number of fused-ring (bicyclic) bond motifs is 2. The van der Waals surface area contributed by atoms with Crippen LogP contribution in [-0.4, -0.2) is 41.6 Å². The lowest BCUT2D eigenvalue weighted by Crippen LogP contribution is -2.29. The molecule has 0 radical (unpaired) electrons. The number of carbonyl (C=O) groups excluding carboxylic acids is 2. The monoisotopic (exact) mass is 584 g/mol. The zero-order chi connectivity index (χ0) is 29.5. The maximum Gasteiger partial charge on any atom is 0.301 e. The molecule has 1 fully saturated rings. The zero-order valence-electron chi connectivity index (χ0n) is 23.9. The van der Waals surface area contributed by atoms with Crippen molar-refractivity contribution in [1.82, 2.24) is 4.98 Å². The van der Waals surface area contributed by atoms with E-state index in [0.717, 1.165) is 22.4 Å². The molecule has 1 aromatic heterocycles. The Bertz CT molecular complexity index is 1720. The number of benzene rings is 3. The molecule has 3 aromatic carbocycles. The summed E-state index contributed by atoms with van der Waals surface area (Å²) in [6.07, 6.45) is 1.61. The van der Waals surface area contributed by atoms with Gasteiger partial charge in [0.15, 0.2) is 5.13 Å². The molecule has 9 heteroatoms. The van der Waals surface area contributed by atoms with Gasteiger partial charge in [-0.25, -0.2) is 4.98 Å². The van der Waals surface area contributed by atoms with Crippen LogP contribution in [0.5, 0.6) is 17.2 Å². The lowest BCUT2D eigenvalue weighted by molar-refractivity contribution is -0.132. The maximum atomic E-state index is 13.7. The Kier molecular flexibility index (Phi) is 7.36. The van der Waals surface area contributed by atoms with Crippen LogP contribution in [-0.2, 0) is 16.0 Å². The SMILES string of the molecule is COc1ccc2nc(N3C(=O)C(=O)/C(=C(/O)c4ccc5c(c4)C[C@@H](C)O5)[C@H]3c3cccc(OCCC(C)C)c3)sc2c1. The summed E-state index contributed by atoms with van der Waals surface area (Å²) in [7, 11) is 1.59. The summed E-state index contributed by atoms with van der Waals surface area (Å²) in [5.41, 5.74) is 2.71. The first kappa shape index (κ1) is 27.8. The van der Waals surface area contributed by atoms with Crippen LogP contribution in [0.2, 0.25) is 0 Å². The highest BCUT2D eigenvalue weighted by Crippen LogP contribution is 2.45. The molecular formula is C33H32N2O6S. The second-order valence-corrected chi connectivity index (χ2v) is 12.1. The summed E-state index contributed by atoms with van der Waals surface area (Å²) in [5.74, 6) is 0.763. The number of hydrogen-bond acceptors (Lipinski definition) is 8. The number of thiazole rings is 1. The van der Waals surface area contributed by atoms with Crippen LogP contribution >= 0.6 is 11.3 Å². The van der Waals surface area contributed by atoms with Crippen molar-refractivity contribution in [3.05, 3.63) is 82.9 Å². The number of carbonyl (C=O) groups is 2. The van der Waals surface area contributed by atoms with E-state index in [1.807, 2.05) is 49.4 Å². The number of methoxy groups -OCH3 is 1. The van der Waals surface area contributed by atoms with Crippen molar-refractivity contribution >= 4 is 44.1 Å². The third kappa shape index (κ3) is 5.09. The standard InChI is InChI=1S/C33H32N2O6S/c1-18(2)12-13-40-24-7-5-6-20(16-24)29-28(30(36)21-8-11-26-22(15-21)14-19(3)41-26)31(37)32(38)35(29)33-34-25-10-9-23(39-4)17-27(25)42-33/h5-11,15-19,29,36H,12-14H2,1-4H3/b30-28+/t19-,29-/m1/s1. The van der Waals surface area contributed by atoms with Crippen LogP contribution in [0.15, 0.2) is 66.2 Å². The molecule has 6 rings (SSSR count). The zero-order valence-corrected chi connectivity index (χ0v) is 24.7. The number of rotatable bonds is 8. The van der Waals surface area contributed by atoms with Crippen LogP contribution in [0.25, 0.3) is 16.0 Å². The van der Waals surface area contributed by atoms with E-state index in [1.54, 1.807) is 25.3 Å². The largest absolute Gasteiger partial charge is 0.507 e. The molecule has 0 aliphatic carbocycles. The third-order valence-corrected chi connectivity index (χ3v) is 8.56. The van der Waals surface area contributed by atoms with Crippen LogP contribution in [0.1, 0.15) is 49.9 Å². The minimum atomic E-state index is -0.912. The van der Waals surface area contributed by atoms with Crippen LogP contribution in [0, 0.1) is 5.92 Å². The van der Waals surface area contributed by atoms with E-state index < -0.39 is 17.7 Å². The Morgan fingerprint density at radius 3 is 2.74 bits per heavy atom. The van der Waals surface area contributed by atoms with Gasteiger partial charge in [0.25, 0.3) is 5.78 Å². The van der Waals surface area contributed by atoms with E-state index in [9.17, 15) is 14.7 Å². The molecule has 3 heterocycles. The van der Waals surface area contributed by atoms with Crippen molar-refractivity contribution in [2.24, 2.45) is 5.92 Å². The highest BCUT2D eigenvalue weighted by atomic mass is 32.1. The van der Waals surface area contributed by atoms with Gasteiger partial charge in [0.2, 0.25) is 0 Å². The molecule has 42 heavy (non-hydrogen) atoms. The number of Topliss-reactive ketones (excluding diaryl/α,β-unsaturated/α-hetero) is 1. The van der Waals surface area contributed by atoms with E-state index in [2.05, 4.69) is 13.8 Å². The summed E-state index contributed by atoms with van der Waals surface area (Å²) < 4.78 is 18.0. The van der Waals surface area contributed by atoms with Gasteiger partial charge in [-0.05, 0) is 78.9 Å². The summed E-state index contributed by atoms with van der Waals surface area (Å²) >= 11 is 1.29. The summed E-state index contributed by atoms with van der Waals surface area (Å²) in [4.78, 5) is 33.5. The number of ether oxygens (including phenoxy) is 3. The van der Waals surface area contributed by atoms with E-state index in [1.165, 1.54) is 16.2 Å². The number of amides is 1. The summed E-state index contributed by atoms with van der Waals surface area (Å²) in [6, 6.07) is 17.2. The molecule has 216 valence electrons. The van der Waals surface area contributed by atoms with Gasteiger partial charge in [-0.3, -0.25) is 14.5 Å². The van der Waals surface area contributed by atoms with Crippen LogP contribution in [0.4, 0.5) is 5.13 Å². The molecule has 2 aliphatic heterocycles. The first-order valence-electron chi connectivity index (χ1n) is 14.0. The molecular weight excluding hydrogens is 552 g/mol. The van der Waals surface area contributed by atoms with Gasteiger partial charge in [0.05, 0.1) is 35.5 Å². The van der Waals surface area contributed by atoms with Crippen molar-refractivity contribution < 1.29 is 28.9 Å². The lowest BCUT2D eigenvalue weighted by atomic mass is 9.94. The Morgan fingerprint density at radius 2 is 1.95 bits per heavy atom. The van der Waals surface area contributed by atoms with Gasteiger partial charge >= 0.3 is 5.91 Å². The van der Waals surface area contributed by atoms with E-state index in [0.29, 0.717) is 52.2 Å². The maximum absolute atomic E-state index is 13.7. The fourth-order valence-electron chi connectivity index (χ4n) is 5.38. The molecule has 0 unspecified atom stereocenters. The van der Waals surface area contributed by atoms with E-state index in [4.69, 9.17) is 19.2 Å². The second kappa shape index (κ2) is 11.1. The number of aliphatic hydroxyl groups excluding tert-OH is 1. The van der Waals surface area contributed by atoms with E-state index >= 15 is 0 Å².